The van der Waals surface area contributed by atoms with Gasteiger partial charge in [0.05, 0.1) is 28.1 Å². The minimum absolute atomic E-state index is 0. The molecule has 3 fully saturated rings. The van der Waals surface area contributed by atoms with E-state index in [9.17, 15) is 15.0 Å². The SMILES string of the molecule is CC(C)c1c[nH]c2c(C(=O)N[C@H]3CC[C@@]4(O)[C@H]5Cc6ccc(O)c7c6[C@@]4(CCN5CC4CC4)[C@H]3O7)cccc12.Cl. The summed E-state index contributed by atoms with van der Waals surface area (Å²) in [6.07, 6.45) is 6.91. The molecule has 3 aliphatic carbocycles. The topological polar surface area (TPSA) is 97.8 Å². The monoisotopic (exact) mass is 563 g/mol. The maximum atomic E-state index is 13.8. The number of phenols is 1. The molecule has 8 heteroatoms. The number of phenolic OH excluding ortho intramolecular Hbond substituents is 1. The Kier molecular flexibility index (Phi) is 5.81. The lowest BCUT2D eigenvalue weighted by Gasteiger charge is -2.64. The summed E-state index contributed by atoms with van der Waals surface area (Å²) in [5.41, 5.74) is 3.24. The Hall–Kier alpha value is -2.74. The van der Waals surface area contributed by atoms with Crippen LogP contribution in [-0.2, 0) is 11.8 Å². The first-order valence-corrected chi connectivity index (χ1v) is 14.7. The predicted molar refractivity (Wildman–Crippen MR) is 156 cm³/mol. The average molecular weight is 564 g/mol. The van der Waals surface area contributed by atoms with Crippen molar-refractivity contribution < 1.29 is 19.7 Å². The molecule has 2 aliphatic heterocycles. The zero-order chi connectivity index (χ0) is 26.7. The molecular formula is C32H38ClN3O4. The number of carbonyl (C=O) groups excluding carboxylic acids is 1. The number of aromatic nitrogens is 1. The van der Waals surface area contributed by atoms with Gasteiger partial charge in [-0.1, -0.05) is 32.0 Å². The molecule has 7 nitrogen and oxygen atoms in total. The fourth-order valence-corrected chi connectivity index (χ4v) is 8.72. The van der Waals surface area contributed by atoms with Crippen molar-refractivity contribution in [1.82, 2.24) is 15.2 Å². The molecule has 5 aliphatic rings. The van der Waals surface area contributed by atoms with Crippen LogP contribution in [0.25, 0.3) is 10.9 Å². The molecule has 1 aromatic heterocycles. The number of halogens is 1. The van der Waals surface area contributed by atoms with Crippen molar-refractivity contribution in [2.45, 2.75) is 87.5 Å². The van der Waals surface area contributed by atoms with E-state index in [0.29, 0.717) is 30.1 Å². The summed E-state index contributed by atoms with van der Waals surface area (Å²) in [7, 11) is 0. The van der Waals surface area contributed by atoms with Crippen LogP contribution in [0.4, 0.5) is 0 Å². The molecule has 2 bridgehead atoms. The smallest absolute Gasteiger partial charge is 0.253 e. The minimum atomic E-state index is -0.955. The summed E-state index contributed by atoms with van der Waals surface area (Å²) < 4.78 is 6.62. The van der Waals surface area contributed by atoms with Gasteiger partial charge in [-0.05, 0) is 80.2 Å². The summed E-state index contributed by atoms with van der Waals surface area (Å²) in [6, 6.07) is 9.39. The Morgan fingerprint density at radius 1 is 1.20 bits per heavy atom. The Bertz CT molecular complexity index is 1520. The lowest BCUT2D eigenvalue weighted by molar-refractivity contribution is -0.191. The first kappa shape index (κ1) is 26.2. The summed E-state index contributed by atoms with van der Waals surface area (Å²) in [5, 5.41) is 27.9. The third-order valence-electron chi connectivity index (χ3n) is 10.7. The van der Waals surface area contributed by atoms with Crippen molar-refractivity contribution >= 4 is 29.2 Å². The van der Waals surface area contributed by atoms with Crippen molar-refractivity contribution in [1.29, 1.82) is 0 Å². The molecule has 40 heavy (non-hydrogen) atoms. The number of benzene rings is 2. The van der Waals surface area contributed by atoms with E-state index in [1.807, 2.05) is 24.4 Å². The van der Waals surface area contributed by atoms with E-state index >= 15 is 0 Å². The van der Waals surface area contributed by atoms with Gasteiger partial charge < -0.3 is 25.3 Å². The number of aromatic amines is 1. The predicted octanol–water partition coefficient (Wildman–Crippen LogP) is 4.78. The number of H-pyrrole nitrogens is 1. The highest BCUT2D eigenvalue weighted by molar-refractivity contribution is 6.06. The number of hydrogen-bond donors (Lipinski definition) is 4. The number of hydrogen-bond acceptors (Lipinski definition) is 5. The summed E-state index contributed by atoms with van der Waals surface area (Å²) in [6.45, 7) is 6.26. The molecule has 0 radical (unpaired) electrons. The van der Waals surface area contributed by atoms with Crippen LogP contribution in [0.2, 0.25) is 0 Å². The Morgan fingerprint density at radius 3 is 2.80 bits per heavy atom. The van der Waals surface area contributed by atoms with Crippen LogP contribution in [0.1, 0.15) is 78.9 Å². The van der Waals surface area contributed by atoms with Crippen LogP contribution in [0.5, 0.6) is 11.5 Å². The molecule has 3 aromatic rings. The fraction of sp³-hybridized carbons (Fsp3) is 0.531. The van der Waals surface area contributed by atoms with Crippen LogP contribution >= 0.6 is 12.4 Å². The van der Waals surface area contributed by atoms with Crippen LogP contribution in [0.15, 0.2) is 36.5 Å². The number of rotatable bonds is 5. The maximum absolute atomic E-state index is 13.8. The molecule has 8 rings (SSSR count). The van der Waals surface area contributed by atoms with Gasteiger partial charge >= 0.3 is 0 Å². The van der Waals surface area contributed by atoms with E-state index in [0.717, 1.165) is 48.3 Å². The average Bonchev–Trinajstić information content (AvgIpc) is 3.49. The number of nitrogens with zero attached hydrogens (tertiary/aromatic N) is 1. The molecule has 0 unspecified atom stereocenters. The molecule has 212 valence electrons. The number of aromatic hydroxyl groups is 1. The van der Waals surface area contributed by atoms with Crippen molar-refractivity contribution in [3.05, 3.63) is 58.8 Å². The van der Waals surface area contributed by atoms with E-state index in [2.05, 4.69) is 35.1 Å². The van der Waals surface area contributed by atoms with Gasteiger partial charge in [0.15, 0.2) is 11.5 Å². The van der Waals surface area contributed by atoms with E-state index in [-0.39, 0.29) is 36.1 Å². The van der Waals surface area contributed by atoms with Gasteiger partial charge in [0, 0.05) is 29.7 Å². The number of fused-ring (bicyclic) bond motifs is 1. The maximum Gasteiger partial charge on any atom is 0.253 e. The first-order valence-electron chi connectivity index (χ1n) is 14.7. The summed E-state index contributed by atoms with van der Waals surface area (Å²) in [5.74, 6) is 1.61. The zero-order valence-electron chi connectivity index (χ0n) is 23.1. The second-order valence-electron chi connectivity index (χ2n) is 13.0. The van der Waals surface area contributed by atoms with Gasteiger partial charge in [-0.25, -0.2) is 0 Å². The molecule has 1 amide bonds. The second-order valence-corrected chi connectivity index (χ2v) is 13.0. The number of likely N-dealkylation sites (tertiary alicyclic amines) is 1. The van der Waals surface area contributed by atoms with Gasteiger partial charge in [0.1, 0.15) is 6.10 Å². The number of nitrogens with one attached hydrogen (secondary N) is 2. The molecule has 1 saturated heterocycles. The van der Waals surface area contributed by atoms with Gasteiger partial charge in [-0.3, -0.25) is 9.69 Å². The lowest BCUT2D eigenvalue weighted by Crippen LogP contribution is -2.78. The molecule has 5 atom stereocenters. The normalized spacial score (nSPS) is 31.9. The van der Waals surface area contributed by atoms with Crippen molar-refractivity contribution in [2.75, 3.05) is 13.1 Å². The largest absolute Gasteiger partial charge is 0.504 e. The summed E-state index contributed by atoms with van der Waals surface area (Å²) >= 11 is 0. The number of para-hydroxylation sites is 1. The van der Waals surface area contributed by atoms with Crippen LogP contribution in [-0.4, -0.2) is 62.9 Å². The highest BCUT2D eigenvalue weighted by Crippen LogP contribution is 2.65. The van der Waals surface area contributed by atoms with Gasteiger partial charge in [-0.2, -0.15) is 0 Å². The third kappa shape index (κ3) is 3.34. The Labute approximate surface area is 240 Å². The van der Waals surface area contributed by atoms with Crippen molar-refractivity contribution in [2.24, 2.45) is 5.92 Å². The molecular weight excluding hydrogens is 526 g/mol. The number of aliphatic hydroxyl groups is 1. The number of ether oxygens (including phenoxy) is 1. The minimum Gasteiger partial charge on any atom is -0.504 e. The van der Waals surface area contributed by atoms with Crippen LogP contribution < -0.4 is 10.1 Å². The van der Waals surface area contributed by atoms with E-state index in [1.54, 1.807) is 6.07 Å². The zero-order valence-corrected chi connectivity index (χ0v) is 23.9. The Morgan fingerprint density at radius 2 is 2.02 bits per heavy atom. The Balaban J connectivity index is 0.00000264. The standard InChI is InChI=1S/C32H37N3O4.ClH/c1-17(2)22-15-33-27-20(22)4-3-5-21(27)30(37)34-23-10-11-32(38)25-14-19-8-9-24(36)28-26(19)31(32,29(23)39-28)12-13-35(25)16-18-6-7-18;/h3-5,8-9,15,17-18,23,25,29,33,36,38H,6-7,10-14,16H2,1-2H3,(H,34,37);1H/t23-,25+,29-,31-,32+;/m0./s1. The molecule has 4 N–H and O–H groups in total. The highest BCUT2D eigenvalue weighted by atomic mass is 35.5. The van der Waals surface area contributed by atoms with Gasteiger partial charge in [-0.15, -0.1) is 12.4 Å². The van der Waals surface area contributed by atoms with Crippen molar-refractivity contribution in [3.8, 4) is 11.5 Å². The lowest BCUT2D eigenvalue weighted by atomic mass is 9.48. The number of piperidine rings is 1. The number of carbonyl (C=O) groups is 1. The van der Waals surface area contributed by atoms with Crippen molar-refractivity contribution in [3.63, 3.8) is 0 Å². The van der Waals surface area contributed by atoms with E-state index in [4.69, 9.17) is 4.74 Å². The van der Waals surface area contributed by atoms with Gasteiger partial charge in [0.2, 0.25) is 0 Å². The van der Waals surface area contributed by atoms with E-state index in [1.165, 1.54) is 24.0 Å². The first-order chi connectivity index (χ1) is 18.8. The summed E-state index contributed by atoms with van der Waals surface area (Å²) in [4.78, 5) is 19.7. The van der Waals surface area contributed by atoms with Crippen LogP contribution in [0.3, 0.4) is 0 Å². The molecule has 1 spiro atoms. The third-order valence-corrected chi connectivity index (χ3v) is 10.7. The quantitative estimate of drug-likeness (QED) is 0.358. The van der Waals surface area contributed by atoms with Gasteiger partial charge in [0.25, 0.3) is 5.91 Å². The highest BCUT2D eigenvalue weighted by Gasteiger charge is 2.73. The molecule has 3 heterocycles. The second kappa shape index (κ2) is 8.88. The fourth-order valence-electron chi connectivity index (χ4n) is 8.72. The van der Waals surface area contributed by atoms with Crippen LogP contribution in [0, 0.1) is 5.92 Å². The number of amides is 1. The van der Waals surface area contributed by atoms with E-state index < -0.39 is 17.1 Å². The molecule has 2 aromatic carbocycles. The molecule has 2 saturated carbocycles.